The largest absolute Gasteiger partial charge is 0.497 e. The van der Waals surface area contributed by atoms with E-state index < -0.39 is 15.1 Å². The molecule has 0 aromatic heterocycles. The van der Waals surface area contributed by atoms with Crippen LogP contribution in [0.4, 0.5) is 0 Å². The Morgan fingerprint density at radius 3 is 2.19 bits per heavy atom. The van der Waals surface area contributed by atoms with Crippen LogP contribution in [0.1, 0.15) is 62.5 Å². The Morgan fingerprint density at radius 2 is 1.57 bits per heavy atom. The second-order valence-corrected chi connectivity index (χ2v) is 13.6. The van der Waals surface area contributed by atoms with E-state index in [9.17, 15) is 13.2 Å². The molecule has 208 valence electrons. The average molecular weight is 535 g/mol. The van der Waals surface area contributed by atoms with Crippen molar-refractivity contribution in [3.63, 3.8) is 0 Å². The first-order valence-corrected chi connectivity index (χ1v) is 15.7. The lowest BCUT2D eigenvalue weighted by atomic mass is 9.89. The van der Waals surface area contributed by atoms with Crippen molar-refractivity contribution >= 4 is 15.6 Å². The van der Waals surface area contributed by atoms with Gasteiger partial charge in [0, 0.05) is 12.0 Å². The Bertz CT molecular complexity index is 1000. The number of nitrogens with zero attached hydrogens (tertiary/aromatic N) is 2. The van der Waals surface area contributed by atoms with Gasteiger partial charge in [-0.15, -0.1) is 0 Å². The van der Waals surface area contributed by atoms with Gasteiger partial charge in [0.1, 0.15) is 12.4 Å². The third-order valence-electron chi connectivity index (χ3n) is 8.96. The summed E-state index contributed by atoms with van der Waals surface area (Å²) in [7, 11) is 0.264. The molecule has 3 aliphatic rings. The SMILES string of the molecule is COc1cc(C)c(S(=O)(=O)C2CCCCC2COCC(=O)C2CCN(C3CCN(C)CC3)CC2)c(C)c1. The van der Waals surface area contributed by atoms with Crippen molar-refractivity contribution in [1.29, 1.82) is 0 Å². The monoisotopic (exact) mass is 534 g/mol. The van der Waals surface area contributed by atoms with E-state index in [4.69, 9.17) is 9.47 Å². The fourth-order valence-corrected chi connectivity index (χ4v) is 9.29. The summed E-state index contributed by atoms with van der Waals surface area (Å²) in [5, 5.41) is -0.472. The zero-order valence-corrected chi connectivity index (χ0v) is 24.0. The molecule has 2 aliphatic heterocycles. The van der Waals surface area contributed by atoms with Gasteiger partial charge in [0.05, 0.1) is 23.9 Å². The van der Waals surface area contributed by atoms with Crippen molar-refractivity contribution in [1.82, 2.24) is 9.80 Å². The van der Waals surface area contributed by atoms with Crippen LogP contribution in [0, 0.1) is 25.7 Å². The molecule has 4 rings (SSSR count). The van der Waals surface area contributed by atoms with Gasteiger partial charge >= 0.3 is 0 Å². The Morgan fingerprint density at radius 1 is 0.946 bits per heavy atom. The number of Topliss-reactive ketones (excluding diaryl/α,β-unsaturated/α-hetero) is 1. The van der Waals surface area contributed by atoms with Gasteiger partial charge in [-0.3, -0.25) is 4.79 Å². The molecule has 7 nitrogen and oxygen atoms in total. The van der Waals surface area contributed by atoms with E-state index in [-0.39, 0.29) is 24.2 Å². The number of rotatable bonds is 9. The van der Waals surface area contributed by atoms with Crippen LogP contribution < -0.4 is 4.74 Å². The zero-order valence-electron chi connectivity index (χ0n) is 23.2. The van der Waals surface area contributed by atoms with Crippen LogP contribution in [0.2, 0.25) is 0 Å². The number of ketones is 1. The first-order chi connectivity index (χ1) is 17.7. The van der Waals surface area contributed by atoms with Crippen molar-refractivity contribution in [3.8, 4) is 5.75 Å². The van der Waals surface area contributed by atoms with Crippen molar-refractivity contribution in [2.75, 3.05) is 53.6 Å². The first kappa shape index (κ1) is 28.5. The number of methoxy groups -OCH3 is 1. The standard InChI is InChI=1S/C29H46N2O5S/c1-21-17-26(35-4)18-22(2)29(21)37(33,34)28-8-6-5-7-24(28)19-36-20-27(32)23-9-15-31(16-10-23)25-11-13-30(3)14-12-25/h17-18,23-25,28H,5-16,19-20H2,1-4H3. The lowest BCUT2D eigenvalue weighted by molar-refractivity contribution is -0.129. The van der Waals surface area contributed by atoms with Crippen LogP contribution in [0.3, 0.4) is 0 Å². The maximum Gasteiger partial charge on any atom is 0.182 e. The van der Waals surface area contributed by atoms with Crippen LogP contribution >= 0.6 is 0 Å². The molecule has 3 fully saturated rings. The van der Waals surface area contributed by atoms with Crippen LogP contribution in [-0.2, 0) is 19.4 Å². The summed E-state index contributed by atoms with van der Waals surface area (Å²) >= 11 is 0. The number of aryl methyl sites for hydroxylation is 2. The second kappa shape index (κ2) is 12.6. The molecule has 1 aliphatic carbocycles. The molecular weight excluding hydrogens is 488 g/mol. The highest BCUT2D eigenvalue weighted by molar-refractivity contribution is 7.92. The first-order valence-electron chi connectivity index (χ1n) is 14.1. The third-order valence-corrected chi connectivity index (χ3v) is 11.6. The summed E-state index contributed by atoms with van der Waals surface area (Å²) in [4.78, 5) is 18.3. The molecule has 0 amide bonds. The minimum absolute atomic E-state index is 0.0676. The van der Waals surface area contributed by atoms with Crippen LogP contribution in [0.15, 0.2) is 17.0 Å². The smallest absolute Gasteiger partial charge is 0.182 e. The lowest BCUT2D eigenvalue weighted by Gasteiger charge is -2.40. The summed E-state index contributed by atoms with van der Waals surface area (Å²) < 4.78 is 38.9. The molecule has 8 heteroatoms. The number of likely N-dealkylation sites (tertiary alicyclic amines) is 2. The van der Waals surface area contributed by atoms with E-state index in [2.05, 4.69) is 16.8 Å². The van der Waals surface area contributed by atoms with Crippen LogP contribution in [-0.4, -0.2) is 88.8 Å². The second-order valence-electron chi connectivity index (χ2n) is 11.5. The van der Waals surface area contributed by atoms with Crippen LogP contribution in [0.25, 0.3) is 0 Å². The van der Waals surface area contributed by atoms with Crippen LogP contribution in [0.5, 0.6) is 5.75 Å². The molecule has 1 aromatic rings. The van der Waals surface area contributed by atoms with Gasteiger partial charge in [0.2, 0.25) is 0 Å². The van der Waals surface area contributed by atoms with Crippen molar-refractivity contribution in [2.45, 2.75) is 81.4 Å². The average Bonchev–Trinajstić information content (AvgIpc) is 2.88. The minimum atomic E-state index is -3.52. The summed E-state index contributed by atoms with van der Waals surface area (Å²) in [6.07, 6.45) is 7.63. The predicted molar refractivity (Wildman–Crippen MR) is 146 cm³/mol. The molecule has 0 radical (unpaired) electrons. The van der Waals surface area contributed by atoms with Gasteiger partial charge in [-0.2, -0.15) is 0 Å². The quantitative estimate of drug-likeness (QED) is 0.473. The number of benzene rings is 1. The number of ether oxygens (including phenoxy) is 2. The number of hydrogen-bond donors (Lipinski definition) is 0. The van der Waals surface area contributed by atoms with E-state index in [1.165, 1.54) is 12.8 Å². The molecule has 0 bridgehead atoms. The topological polar surface area (TPSA) is 76.2 Å². The summed E-state index contributed by atoms with van der Waals surface area (Å²) in [5.74, 6) is 0.838. The molecule has 1 saturated carbocycles. The van der Waals surface area contributed by atoms with Crippen molar-refractivity contribution < 1.29 is 22.7 Å². The van der Waals surface area contributed by atoms with Gasteiger partial charge in [0.15, 0.2) is 15.6 Å². The molecule has 2 heterocycles. The predicted octanol–water partition coefficient (Wildman–Crippen LogP) is 4.04. The Hall–Kier alpha value is -1.48. The summed E-state index contributed by atoms with van der Waals surface area (Å²) in [6.45, 7) is 8.42. The zero-order chi connectivity index (χ0) is 26.6. The summed E-state index contributed by atoms with van der Waals surface area (Å²) in [5.41, 5.74) is 1.45. The van der Waals surface area contributed by atoms with Crippen molar-refractivity contribution in [2.24, 2.45) is 11.8 Å². The molecule has 0 N–H and O–H groups in total. The van der Waals surface area contributed by atoms with Crippen molar-refractivity contribution in [3.05, 3.63) is 23.3 Å². The molecule has 2 atom stereocenters. The maximum atomic E-state index is 13.8. The van der Waals surface area contributed by atoms with Gasteiger partial charge in [-0.25, -0.2) is 8.42 Å². The van der Waals surface area contributed by atoms with E-state index >= 15 is 0 Å². The molecule has 0 spiro atoms. The molecule has 2 unspecified atom stereocenters. The number of hydrogen-bond acceptors (Lipinski definition) is 7. The van der Waals surface area contributed by atoms with Gasteiger partial charge in [0.25, 0.3) is 0 Å². The Balaban J connectivity index is 1.30. The van der Waals surface area contributed by atoms with E-state index in [1.807, 2.05) is 13.8 Å². The fourth-order valence-electron chi connectivity index (χ4n) is 6.78. The summed E-state index contributed by atoms with van der Waals surface area (Å²) in [6, 6.07) is 4.25. The van der Waals surface area contributed by atoms with Gasteiger partial charge in [-0.1, -0.05) is 12.8 Å². The van der Waals surface area contributed by atoms with E-state index in [0.717, 1.165) is 69.4 Å². The third kappa shape index (κ3) is 6.75. The minimum Gasteiger partial charge on any atom is -0.497 e. The maximum absolute atomic E-state index is 13.8. The Kier molecular flexibility index (Phi) is 9.70. The number of carbonyl (C=O) groups is 1. The fraction of sp³-hybridized carbons (Fsp3) is 0.759. The molecular formula is C29H46N2O5S. The molecule has 2 saturated heterocycles. The highest BCUT2D eigenvalue weighted by Crippen LogP contribution is 2.37. The number of piperidine rings is 2. The highest BCUT2D eigenvalue weighted by Gasteiger charge is 2.38. The lowest BCUT2D eigenvalue weighted by Crippen LogP contribution is -2.47. The Labute approximate surface area is 223 Å². The van der Waals surface area contributed by atoms with E-state index in [1.54, 1.807) is 19.2 Å². The number of sulfone groups is 1. The highest BCUT2D eigenvalue weighted by atomic mass is 32.2. The number of carbonyl (C=O) groups excluding carboxylic acids is 1. The molecule has 1 aromatic carbocycles. The van der Waals surface area contributed by atoms with Gasteiger partial charge < -0.3 is 19.3 Å². The van der Waals surface area contributed by atoms with E-state index in [0.29, 0.717) is 29.7 Å². The molecule has 37 heavy (non-hydrogen) atoms. The van der Waals surface area contributed by atoms with Gasteiger partial charge in [-0.05, 0) is 115 Å². The normalized spacial score (nSPS) is 25.3.